The number of aliphatic hydroxyl groups excluding tert-OH is 1. The number of aliphatic hydroxyl groups is 1. The highest BCUT2D eigenvalue weighted by atomic mass is 16.3. The van der Waals surface area contributed by atoms with E-state index in [-0.39, 0.29) is 11.9 Å². The van der Waals surface area contributed by atoms with Crippen molar-refractivity contribution >= 4 is 5.91 Å². The number of aromatic nitrogens is 2. The van der Waals surface area contributed by atoms with Crippen LogP contribution < -0.4 is 0 Å². The first kappa shape index (κ1) is 14.7. The second-order valence-corrected chi connectivity index (χ2v) is 5.68. The number of hydrogen-bond acceptors (Lipinski definition) is 4. The van der Waals surface area contributed by atoms with Gasteiger partial charge in [0.25, 0.3) is 5.91 Å². The molecule has 5 nitrogen and oxygen atoms in total. The van der Waals surface area contributed by atoms with E-state index in [1.165, 1.54) is 0 Å². The number of likely N-dealkylation sites (tertiary alicyclic amines) is 1. The summed E-state index contributed by atoms with van der Waals surface area (Å²) in [5, 5.41) is 10.2. The summed E-state index contributed by atoms with van der Waals surface area (Å²) in [5.41, 5.74) is 2.47. The van der Waals surface area contributed by atoms with Crippen molar-refractivity contribution in [3.05, 3.63) is 59.7 Å². The van der Waals surface area contributed by atoms with Gasteiger partial charge in [-0.05, 0) is 43.5 Å². The summed E-state index contributed by atoms with van der Waals surface area (Å²) >= 11 is 0. The van der Waals surface area contributed by atoms with Gasteiger partial charge in [0.1, 0.15) is 0 Å². The third-order valence-electron chi connectivity index (χ3n) is 4.10. The highest BCUT2D eigenvalue weighted by molar-refractivity contribution is 5.94. The fourth-order valence-corrected chi connectivity index (χ4v) is 2.86. The first-order chi connectivity index (χ1) is 10.6. The largest absolute Gasteiger partial charge is 0.391 e. The number of rotatable bonds is 3. The Labute approximate surface area is 129 Å². The molecule has 1 aliphatic heterocycles. The van der Waals surface area contributed by atoms with Gasteiger partial charge in [-0.1, -0.05) is 6.07 Å². The summed E-state index contributed by atoms with van der Waals surface area (Å²) < 4.78 is 0. The second kappa shape index (κ2) is 6.23. The molecule has 1 fully saturated rings. The first-order valence-electron chi connectivity index (χ1n) is 7.46. The lowest BCUT2D eigenvalue weighted by Crippen LogP contribution is -2.41. The predicted octanol–water partition coefficient (Wildman–Crippen LogP) is 1.60. The molecule has 2 aromatic heterocycles. The molecule has 0 bridgehead atoms. The number of hydrogen-bond donors (Lipinski definition) is 1. The Bertz CT molecular complexity index is 643. The number of carbonyl (C=O) groups is 1. The summed E-state index contributed by atoms with van der Waals surface area (Å²) in [4.78, 5) is 22.7. The average Bonchev–Trinajstić information content (AvgIpc) is 2.89. The zero-order valence-electron chi connectivity index (χ0n) is 12.5. The third kappa shape index (κ3) is 2.99. The van der Waals surface area contributed by atoms with Gasteiger partial charge in [-0.15, -0.1) is 0 Å². The van der Waals surface area contributed by atoms with E-state index < -0.39 is 6.10 Å². The van der Waals surface area contributed by atoms with E-state index in [4.69, 9.17) is 0 Å². The Balaban J connectivity index is 1.79. The number of carbonyl (C=O) groups excluding carboxylic acids is 1. The highest BCUT2D eigenvalue weighted by Gasteiger charge is 2.36. The normalized spacial score (nSPS) is 21.1. The van der Waals surface area contributed by atoms with E-state index in [9.17, 15) is 9.90 Å². The molecular weight excluding hydrogens is 278 g/mol. The van der Waals surface area contributed by atoms with Crippen molar-refractivity contribution < 1.29 is 9.90 Å². The smallest absolute Gasteiger partial charge is 0.255 e. The monoisotopic (exact) mass is 297 g/mol. The van der Waals surface area contributed by atoms with Crippen LogP contribution in [0, 0.1) is 6.92 Å². The van der Waals surface area contributed by atoms with Crippen LogP contribution in [0.4, 0.5) is 0 Å². The summed E-state index contributed by atoms with van der Waals surface area (Å²) in [6.45, 7) is 2.46. The van der Waals surface area contributed by atoms with Gasteiger partial charge in [0.15, 0.2) is 0 Å². The van der Waals surface area contributed by atoms with Gasteiger partial charge in [0, 0.05) is 30.8 Å². The molecule has 2 aromatic rings. The van der Waals surface area contributed by atoms with Crippen LogP contribution in [-0.4, -0.2) is 44.6 Å². The first-order valence-corrected chi connectivity index (χ1v) is 7.46. The summed E-state index contributed by atoms with van der Waals surface area (Å²) in [6.07, 6.45) is 5.82. The molecule has 0 saturated carbocycles. The Morgan fingerprint density at radius 3 is 2.91 bits per heavy atom. The Morgan fingerprint density at radius 1 is 1.36 bits per heavy atom. The molecule has 0 aromatic carbocycles. The zero-order chi connectivity index (χ0) is 15.5. The van der Waals surface area contributed by atoms with E-state index in [1.807, 2.05) is 25.1 Å². The maximum Gasteiger partial charge on any atom is 0.255 e. The van der Waals surface area contributed by atoms with Crippen molar-refractivity contribution in [1.29, 1.82) is 0 Å². The lowest BCUT2D eigenvalue weighted by atomic mass is 10.0. The van der Waals surface area contributed by atoms with Crippen molar-refractivity contribution in [2.24, 2.45) is 0 Å². The molecule has 1 amide bonds. The van der Waals surface area contributed by atoms with Crippen LogP contribution in [0.5, 0.6) is 0 Å². The van der Waals surface area contributed by atoms with E-state index in [2.05, 4.69) is 9.97 Å². The summed E-state index contributed by atoms with van der Waals surface area (Å²) in [5.74, 6) is -0.0714. The van der Waals surface area contributed by atoms with Crippen LogP contribution in [0.3, 0.4) is 0 Å². The van der Waals surface area contributed by atoms with Crippen molar-refractivity contribution in [2.75, 3.05) is 6.54 Å². The fraction of sp³-hybridized carbons (Fsp3) is 0.353. The Morgan fingerprint density at radius 2 is 2.23 bits per heavy atom. The maximum atomic E-state index is 12.7. The van der Waals surface area contributed by atoms with Crippen LogP contribution in [0.25, 0.3) is 0 Å². The zero-order valence-corrected chi connectivity index (χ0v) is 12.5. The minimum Gasteiger partial charge on any atom is -0.391 e. The summed E-state index contributed by atoms with van der Waals surface area (Å²) in [7, 11) is 0. The van der Waals surface area contributed by atoms with Gasteiger partial charge in [-0.25, -0.2) is 0 Å². The lowest BCUT2D eigenvalue weighted by molar-refractivity contribution is 0.0639. The van der Waals surface area contributed by atoms with Gasteiger partial charge >= 0.3 is 0 Å². The molecule has 1 aliphatic rings. The predicted molar refractivity (Wildman–Crippen MR) is 82.4 cm³/mol. The average molecular weight is 297 g/mol. The molecule has 3 heterocycles. The lowest BCUT2D eigenvalue weighted by Gasteiger charge is -2.26. The maximum absolute atomic E-state index is 12.7. The third-order valence-corrected chi connectivity index (χ3v) is 4.10. The molecular formula is C17H19N3O2. The van der Waals surface area contributed by atoms with E-state index in [0.717, 1.165) is 11.3 Å². The van der Waals surface area contributed by atoms with Crippen LogP contribution in [0.2, 0.25) is 0 Å². The van der Waals surface area contributed by atoms with Crippen molar-refractivity contribution in [3.8, 4) is 0 Å². The molecule has 22 heavy (non-hydrogen) atoms. The molecule has 0 unspecified atom stereocenters. The Hall–Kier alpha value is -2.27. The number of pyridine rings is 2. The van der Waals surface area contributed by atoms with E-state index >= 15 is 0 Å². The van der Waals surface area contributed by atoms with Gasteiger partial charge in [-0.2, -0.15) is 0 Å². The quantitative estimate of drug-likeness (QED) is 0.934. The number of nitrogens with zero attached hydrogens (tertiary/aromatic N) is 3. The SMILES string of the molecule is Cc1ccc(C(=O)N2CC[C@H](O)[C@@H]2Cc2cccnc2)cn1. The molecule has 3 rings (SSSR count). The highest BCUT2D eigenvalue weighted by Crippen LogP contribution is 2.23. The van der Waals surface area contributed by atoms with Gasteiger partial charge in [0.05, 0.1) is 17.7 Å². The van der Waals surface area contributed by atoms with Gasteiger partial charge in [0.2, 0.25) is 0 Å². The molecule has 1 N–H and O–H groups in total. The van der Waals surface area contributed by atoms with Crippen LogP contribution in [0.15, 0.2) is 42.9 Å². The van der Waals surface area contributed by atoms with Crippen LogP contribution in [-0.2, 0) is 6.42 Å². The topological polar surface area (TPSA) is 66.3 Å². The van der Waals surface area contributed by atoms with Crippen molar-refractivity contribution in [2.45, 2.75) is 31.9 Å². The number of aryl methyl sites for hydroxylation is 1. The molecule has 5 heteroatoms. The number of amides is 1. The Kier molecular flexibility index (Phi) is 4.15. The molecule has 1 saturated heterocycles. The molecule has 0 spiro atoms. The van der Waals surface area contributed by atoms with Gasteiger partial charge < -0.3 is 10.0 Å². The van der Waals surface area contributed by atoms with E-state index in [1.54, 1.807) is 29.6 Å². The van der Waals surface area contributed by atoms with Gasteiger partial charge in [-0.3, -0.25) is 14.8 Å². The second-order valence-electron chi connectivity index (χ2n) is 5.68. The molecule has 0 aliphatic carbocycles. The molecule has 114 valence electrons. The minimum absolute atomic E-state index is 0.0714. The summed E-state index contributed by atoms with van der Waals surface area (Å²) in [6, 6.07) is 7.24. The minimum atomic E-state index is -0.498. The van der Waals surface area contributed by atoms with Crippen molar-refractivity contribution in [1.82, 2.24) is 14.9 Å². The van der Waals surface area contributed by atoms with E-state index in [0.29, 0.717) is 24.9 Å². The van der Waals surface area contributed by atoms with Crippen LogP contribution in [0.1, 0.15) is 28.0 Å². The molecule has 0 radical (unpaired) electrons. The van der Waals surface area contributed by atoms with Crippen LogP contribution >= 0.6 is 0 Å². The standard InChI is InChI=1S/C17H19N3O2/c1-12-4-5-14(11-19-12)17(22)20-8-6-16(21)15(20)9-13-3-2-7-18-10-13/h2-5,7,10-11,15-16,21H,6,8-9H2,1H3/t15-,16-/m0/s1. The van der Waals surface area contributed by atoms with Crippen molar-refractivity contribution in [3.63, 3.8) is 0 Å². The molecule has 2 atom stereocenters. The fourth-order valence-electron chi connectivity index (χ4n) is 2.86.